The lowest BCUT2D eigenvalue weighted by Crippen LogP contribution is -2.07. The Morgan fingerprint density at radius 2 is 1.70 bits per heavy atom. The molecule has 4 aromatic rings. The lowest BCUT2D eigenvalue weighted by Gasteiger charge is -2.14. The van der Waals surface area contributed by atoms with Gasteiger partial charge in [-0.05, 0) is 36.2 Å². The van der Waals surface area contributed by atoms with Gasteiger partial charge in [0.2, 0.25) is 5.91 Å². The minimum atomic E-state index is -0.0988. The van der Waals surface area contributed by atoms with Crippen molar-refractivity contribution in [2.24, 2.45) is 0 Å². The van der Waals surface area contributed by atoms with Crippen molar-refractivity contribution in [1.29, 1.82) is 0 Å². The number of amides is 1. The number of fused-ring (bicyclic) bond motifs is 1. The van der Waals surface area contributed by atoms with E-state index in [1.807, 2.05) is 55.5 Å². The van der Waals surface area contributed by atoms with E-state index in [0.717, 1.165) is 39.1 Å². The molecule has 7 heteroatoms. The third kappa shape index (κ3) is 4.87. The maximum atomic E-state index is 11.6. The van der Waals surface area contributed by atoms with Crippen molar-refractivity contribution in [3.8, 4) is 22.6 Å². The van der Waals surface area contributed by atoms with Crippen LogP contribution in [0.25, 0.3) is 22.0 Å². The SMILES string of the molecule is COc1cc2nc(C)nc(NCc3cccc(-c4ccccc4NC(C)=O)c3)c2cc1OC. The van der Waals surface area contributed by atoms with E-state index >= 15 is 0 Å². The summed E-state index contributed by atoms with van der Waals surface area (Å²) in [6.45, 7) is 3.94. The predicted molar refractivity (Wildman–Crippen MR) is 131 cm³/mol. The quantitative estimate of drug-likeness (QED) is 0.410. The van der Waals surface area contributed by atoms with Crippen molar-refractivity contribution in [3.05, 3.63) is 72.1 Å². The number of carbonyl (C=O) groups excluding carboxylic acids is 1. The van der Waals surface area contributed by atoms with E-state index in [4.69, 9.17) is 9.47 Å². The van der Waals surface area contributed by atoms with Gasteiger partial charge in [-0.25, -0.2) is 9.97 Å². The number of rotatable bonds is 7. The van der Waals surface area contributed by atoms with Gasteiger partial charge in [0.25, 0.3) is 0 Å². The average Bonchev–Trinajstić information content (AvgIpc) is 2.81. The second-order valence-electron chi connectivity index (χ2n) is 7.62. The van der Waals surface area contributed by atoms with Gasteiger partial charge in [0.05, 0.1) is 19.7 Å². The Balaban J connectivity index is 1.64. The molecule has 168 valence electrons. The van der Waals surface area contributed by atoms with Gasteiger partial charge in [-0.1, -0.05) is 36.4 Å². The number of carbonyl (C=O) groups is 1. The Morgan fingerprint density at radius 1 is 0.939 bits per heavy atom. The predicted octanol–water partition coefficient (Wildman–Crippen LogP) is 5.19. The summed E-state index contributed by atoms with van der Waals surface area (Å²) in [5.74, 6) is 2.53. The second kappa shape index (κ2) is 9.56. The van der Waals surface area contributed by atoms with Crippen molar-refractivity contribution >= 4 is 28.3 Å². The highest BCUT2D eigenvalue weighted by Gasteiger charge is 2.13. The zero-order chi connectivity index (χ0) is 23.4. The van der Waals surface area contributed by atoms with Crippen LogP contribution in [-0.2, 0) is 11.3 Å². The number of hydrogen-bond acceptors (Lipinski definition) is 6. The van der Waals surface area contributed by atoms with Gasteiger partial charge in [-0.2, -0.15) is 0 Å². The summed E-state index contributed by atoms with van der Waals surface area (Å²) in [6, 6.07) is 19.7. The molecule has 0 radical (unpaired) electrons. The fourth-order valence-corrected chi connectivity index (χ4v) is 3.77. The van der Waals surface area contributed by atoms with Crippen LogP contribution in [0.15, 0.2) is 60.7 Å². The molecule has 33 heavy (non-hydrogen) atoms. The number of benzene rings is 3. The van der Waals surface area contributed by atoms with Gasteiger partial charge in [-0.15, -0.1) is 0 Å². The number of para-hydroxylation sites is 1. The number of aryl methyl sites for hydroxylation is 1. The van der Waals surface area contributed by atoms with Crippen molar-refractivity contribution in [1.82, 2.24) is 9.97 Å². The van der Waals surface area contributed by atoms with Crippen LogP contribution in [0.1, 0.15) is 18.3 Å². The summed E-state index contributed by atoms with van der Waals surface area (Å²) in [7, 11) is 3.21. The second-order valence-corrected chi connectivity index (χ2v) is 7.62. The molecule has 2 N–H and O–H groups in total. The molecule has 0 spiro atoms. The molecule has 0 unspecified atom stereocenters. The first-order chi connectivity index (χ1) is 16.0. The standard InChI is InChI=1S/C26H26N4O3/c1-16-28-23-14-25(33-4)24(32-3)13-21(23)26(29-16)27-15-18-8-7-9-19(12-18)20-10-5-6-11-22(20)30-17(2)31/h5-14H,15H2,1-4H3,(H,30,31)(H,27,28,29). The van der Waals surface area contributed by atoms with Crippen LogP contribution in [0, 0.1) is 6.92 Å². The highest BCUT2D eigenvalue weighted by atomic mass is 16.5. The number of ether oxygens (including phenoxy) is 2. The molecule has 0 fully saturated rings. The Morgan fingerprint density at radius 3 is 2.45 bits per heavy atom. The molecule has 4 rings (SSSR count). The summed E-state index contributed by atoms with van der Waals surface area (Å²) >= 11 is 0. The molecular weight excluding hydrogens is 416 g/mol. The molecule has 1 amide bonds. The molecule has 0 aliphatic heterocycles. The van der Waals surface area contributed by atoms with E-state index in [2.05, 4.69) is 32.7 Å². The molecule has 0 aliphatic rings. The number of nitrogens with zero attached hydrogens (tertiary/aromatic N) is 2. The third-order valence-corrected chi connectivity index (χ3v) is 5.25. The van der Waals surface area contributed by atoms with Crippen LogP contribution in [0.2, 0.25) is 0 Å². The molecule has 1 aromatic heterocycles. The normalized spacial score (nSPS) is 10.7. The van der Waals surface area contributed by atoms with Gasteiger partial charge in [-0.3, -0.25) is 4.79 Å². The van der Waals surface area contributed by atoms with E-state index < -0.39 is 0 Å². The van der Waals surface area contributed by atoms with Crippen molar-refractivity contribution in [3.63, 3.8) is 0 Å². The summed E-state index contributed by atoms with van der Waals surface area (Å²) in [4.78, 5) is 20.7. The molecule has 3 aromatic carbocycles. The number of nitrogens with one attached hydrogen (secondary N) is 2. The maximum absolute atomic E-state index is 11.6. The van der Waals surface area contributed by atoms with Crippen LogP contribution >= 0.6 is 0 Å². The average molecular weight is 443 g/mol. The Labute approximate surface area is 192 Å². The van der Waals surface area contributed by atoms with E-state index in [1.165, 1.54) is 6.92 Å². The van der Waals surface area contributed by atoms with Gasteiger partial charge >= 0.3 is 0 Å². The van der Waals surface area contributed by atoms with E-state index in [0.29, 0.717) is 23.9 Å². The van der Waals surface area contributed by atoms with Crippen LogP contribution in [0.5, 0.6) is 11.5 Å². The fourth-order valence-electron chi connectivity index (χ4n) is 3.77. The van der Waals surface area contributed by atoms with Crippen LogP contribution in [-0.4, -0.2) is 30.1 Å². The molecule has 7 nitrogen and oxygen atoms in total. The van der Waals surface area contributed by atoms with Gasteiger partial charge in [0.15, 0.2) is 11.5 Å². The number of methoxy groups -OCH3 is 2. The highest BCUT2D eigenvalue weighted by Crippen LogP contribution is 2.34. The molecule has 0 saturated carbocycles. The first-order valence-electron chi connectivity index (χ1n) is 10.6. The lowest BCUT2D eigenvalue weighted by atomic mass is 10.0. The van der Waals surface area contributed by atoms with Gasteiger partial charge in [0, 0.05) is 36.2 Å². The zero-order valence-corrected chi connectivity index (χ0v) is 19.1. The topological polar surface area (TPSA) is 85.4 Å². The Hall–Kier alpha value is -4.13. The monoisotopic (exact) mass is 442 g/mol. The molecule has 0 bridgehead atoms. The zero-order valence-electron chi connectivity index (χ0n) is 19.1. The van der Waals surface area contributed by atoms with E-state index in [1.54, 1.807) is 14.2 Å². The van der Waals surface area contributed by atoms with E-state index in [9.17, 15) is 4.79 Å². The number of hydrogen-bond donors (Lipinski definition) is 2. The minimum absolute atomic E-state index is 0.0988. The van der Waals surface area contributed by atoms with Crippen molar-refractivity contribution in [2.45, 2.75) is 20.4 Å². The maximum Gasteiger partial charge on any atom is 0.221 e. The van der Waals surface area contributed by atoms with Crippen LogP contribution in [0.3, 0.4) is 0 Å². The van der Waals surface area contributed by atoms with Crippen molar-refractivity contribution < 1.29 is 14.3 Å². The molecule has 1 heterocycles. The smallest absolute Gasteiger partial charge is 0.221 e. The Bertz CT molecular complexity index is 1320. The van der Waals surface area contributed by atoms with Crippen LogP contribution < -0.4 is 20.1 Å². The first-order valence-corrected chi connectivity index (χ1v) is 10.6. The van der Waals surface area contributed by atoms with Crippen molar-refractivity contribution in [2.75, 3.05) is 24.9 Å². The molecule has 0 aliphatic carbocycles. The summed E-state index contributed by atoms with van der Waals surface area (Å²) in [5.41, 5.74) is 4.63. The molecular formula is C26H26N4O3. The molecule has 0 saturated heterocycles. The number of aromatic nitrogens is 2. The largest absolute Gasteiger partial charge is 0.493 e. The summed E-state index contributed by atoms with van der Waals surface area (Å²) in [5, 5.41) is 7.20. The summed E-state index contributed by atoms with van der Waals surface area (Å²) in [6.07, 6.45) is 0. The molecule has 0 atom stereocenters. The van der Waals surface area contributed by atoms with Gasteiger partial charge < -0.3 is 20.1 Å². The Kier molecular flexibility index (Phi) is 6.40. The highest BCUT2D eigenvalue weighted by molar-refractivity contribution is 5.94. The fraction of sp³-hybridized carbons (Fsp3) is 0.192. The summed E-state index contributed by atoms with van der Waals surface area (Å²) < 4.78 is 10.9. The first kappa shape index (κ1) is 22.1. The minimum Gasteiger partial charge on any atom is -0.493 e. The van der Waals surface area contributed by atoms with Gasteiger partial charge in [0.1, 0.15) is 11.6 Å². The lowest BCUT2D eigenvalue weighted by molar-refractivity contribution is -0.114. The van der Waals surface area contributed by atoms with E-state index in [-0.39, 0.29) is 5.91 Å². The van der Waals surface area contributed by atoms with Crippen LogP contribution in [0.4, 0.5) is 11.5 Å². The number of anilines is 2. The third-order valence-electron chi connectivity index (χ3n) is 5.25.